The Morgan fingerprint density at radius 1 is 1.26 bits per heavy atom. The zero-order chi connectivity index (χ0) is 19.6. The fourth-order valence-electron chi connectivity index (χ4n) is 2.42. The summed E-state index contributed by atoms with van der Waals surface area (Å²) in [4.78, 5) is 8.54. The van der Waals surface area contributed by atoms with Crippen LogP contribution < -0.4 is 15.4 Å². The number of guanidine groups is 1. The SMILES string of the molecule is CN=C(NCc1cccnc1OCCOC)NC(C)c1ccc(Cl)cc1Cl. The summed E-state index contributed by atoms with van der Waals surface area (Å²) in [5, 5.41) is 7.80. The smallest absolute Gasteiger partial charge is 0.218 e. The third kappa shape index (κ3) is 6.57. The largest absolute Gasteiger partial charge is 0.475 e. The number of ether oxygens (including phenoxy) is 2. The highest BCUT2D eigenvalue weighted by molar-refractivity contribution is 6.35. The molecule has 0 bridgehead atoms. The van der Waals surface area contributed by atoms with Crippen LogP contribution in [0.5, 0.6) is 5.88 Å². The molecule has 0 aliphatic carbocycles. The van der Waals surface area contributed by atoms with Crippen LogP contribution in [0.2, 0.25) is 10.0 Å². The van der Waals surface area contributed by atoms with Gasteiger partial charge in [0.2, 0.25) is 5.88 Å². The van der Waals surface area contributed by atoms with Crippen LogP contribution in [0.3, 0.4) is 0 Å². The average molecular weight is 411 g/mol. The Kier molecular flexibility index (Phi) is 8.64. The van der Waals surface area contributed by atoms with Crippen LogP contribution in [-0.4, -0.2) is 38.3 Å². The Hall–Kier alpha value is -2.02. The van der Waals surface area contributed by atoms with Crippen LogP contribution >= 0.6 is 23.2 Å². The first-order valence-electron chi connectivity index (χ1n) is 8.53. The predicted octanol–water partition coefficient (Wildman–Crippen LogP) is 3.84. The molecule has 8 heteroatoms. The van der Waals surface area contributed by atoms with E-state index in [2.05, 4.69) is 20.6 Å². The summed E-state index contributed by atoms with van der Waals surface area (Å²) < 4.78 is 10.7. The summed E-state index contributed by atoms with van der Waals surface area (Å²) in [7, 11) is 3.35. The molecule has 0 saturated heterocycles. The molecule has 0 amide bonds. The lowest BCUT2D eigenvalue weighted by molar-refractivity contribution is 0.143. The lowest BCUT2D eigenvalue weighted by Gasteiger charge is -2.20. The second-order valence-electron chi connectivity index (χ2n) is 5.77. The van der Waals surface area contributed by atoms with Crippen molar-refractivity contribution in [1.82, 2.24) is 15.6 Å². The Morgan fingerprint density at radius 2 is 2.07 bits per heavy atom. The molecule has 0 aliphatic rings. The van der Waals surface area contributed by atoms with Crippen molar-refractivity contribution in [2.24, 2.45) is 4.99 Å². The summed E-state index contributed by atoms with van der Waals surface area (Å²) in [5.41, 5.74) is 1.86. The van der Waals surface area contributed by atoms with Gasteiger partial charge in [-0.15, -0.1) is 0 Å². The number of methoxy groups -OCH3 is 1. The van der Waals surface area contributed by atoms with Gasteiger partial charge in [-0.1, -0.05) is 35.3 Å². The van der Waals surface area contributed by atoms with Gasteiger partial charge in [-0.3, -0.25) is 4.99 Å². The number of rotatable bonds is 8. The van der Waals surface area contributed by atoms with E-state index in [9.17, 15) is 0 Å². The maximum Gasteiger partial charge on any atom is 0.218 e. The van der Waals surface area contributed by atoms with Gasteiger partial charge in [-0.2, -0.15) is 0 Å². The van der Waals surface area contributed by atoms with Gasteiger partial charge >= 0.3 is 0 Å². The maximum absolute atomic E-state index is 6.29. The minimum Gasteiger partial charge on any atom is -0.475 e. The first kappa shape index (κ1) is 21.3. The summed E-state index contributed by atoms with van der Waals surface area (Å²) in [6, 6.07) is 9.22. The number of nitrogens with one attached hydrogen (secondary N) is 2. The van der Waals surface area contributed by atoms with E-state index in [1.165, 1.54) is 0 Å². The van der Waals surface area contributed by atoms with E-state index in [1.54, 1.807) is 26.4 Å². The normalized spacial score (nSPS) is 12.6. The number of aromatic nitrogens is 1. The van der Waals surface area contributed by atoms with E-state index in [1.807, 2.05) is 31.2 Å². The van der Waals surface area contributed by atoms with Crippen LogP contribution in [0.1, 0.15) is 24.1 Å². The summed E-state index contributed by atoms with van der Waals surface area (Å²) in [6.45, 7) is 3.47. The zero-order valence-electron chi connectivity index (χ0n) is 15.6. The van der Waals surface area contributed by atoms with Crippen molar-refractivity contribution in [1.29, 1.82) is 0 Å². The van der Waals surface area contributed by atoms with Crippen LogP contribution in [0, 0.1) is 0 Å². The van der Waals surface area contributed by atoms with Gasteiger partial charge < -0.3 is 20.1 Å². The highest BCUT2D eigenvalue weighted by Crippen LogP contribution is 2.26. The Morgan fingerprint density at radius 3 is 2.78 bits per heavy atom. The fraction of sp³-hybridized carbons (Fsp3) is 0.368. The van der Waals surface area contributed by atoms with Crippen LogP contribution in [-0.2, 0) is 11.3 Å². The molecule has 2 aromatic rings. The number of hydrogen-bond donors (Lipinski definition) is 2. The third-order valence-electron chi connectivity index (χ3n) is 3.83. The molecule has 2 rings (SSSR count). The Labute approximate surface area is 169 Å². The molecule has 0 spiro atoms. The maximum atomic E-state index is 6.29. The van der Waals surface area contributed by atoms with Crippen molar-refractivity contribution < 1.29 is 9.47 Å². The predicted molar refractivity (Wildman–Crippen MR) is 110 cm³/mol. The van der Waals surface area contributed by atoms with Gasteiger partial charge in [0.05, 0.1) is 12.6 Å². The number of nitrogens with zero attached hydrogens (tertiary/aromatic N) is 2. The molecular weight excluding hydrogens is 387 g/mol. The number of benzene rings is 1. The van der Waals surface area contributed by atoms with E-state index in [-0.39, 0.29) is 6.04 Å². The topological polar surface area (TPSA) is 67.8 Å². The minimum atomic E-state index is -0.0488. The van der Waals surface area contributed by atoms with Crippen LogP contribution in [0.4, 0.5) is 0 Å². The van der Waals surface area contributed by atoms with Crippen LogP contribution in [0.25, 0.3) is 0 Å². The average Bonchev–Trinajstić information content (AvgIpc) is 2.66. The highest BCUT2D eigenvalue weighted by atomic mass is 35.5. The fourth-order valence-corrected chi connectivity index (χ4v) is 2.99. The quantitative estimate of drug-likeness (QED) is 0.393. The van der Waals surface area contributed by atoms with Crippen molar-refractivity contribution in [2.75, 3.05) is 27.4 Å². The number of hydrogen-bond acceptors (Lipinski definition) is 4. The van der Waals surface area contributed by atoms with Gasteiger partial charge in [0.1, 0.15) is 6.61 Å². The number of halogens is 2. The first-order chi connectivity index (χ1) is 13.0. The van der Waals surface area contributed by atoms with Crippen molar-refractivity contribution in [2.45, 2.75) is 19.5 Å². The number of pyridine rings is 1. The van der Waals surface area contributed by atoms with Crippen molar-refractivity contribution in [3.8, 4) is 5.88 Å². The molecule has 1 atom stereocenters. The third-order valence-corrected chi connectivity index (χ3v) is 4.39. The molecule has 2 N–H and O–H groups in total. The molecule has 1 aromatic heterocycles. The van der Waals surface area contributed by atoms with E-state index in [0.29, 0.717) is 41.6 Å². The van der Waals surface area contributed by atoms with E-state index >= 15 is 0 Å². The second-order valence-corrected chi connectivity index (χ2v) is 6.61. The second kappa shape index (κ2) is 11.0. The molecule has 0 saturated carbocycles. The van der Waals surface area contributed by atoms with Gasteiger partial charge in [0, 0.05) is 42.5 Å². The Balaban J connectivity index is 1.98. The summed E-state index contributed by atoms with van der Waals surface area (Å²) in [5.74, 6) is 1.21. The monoisotopic (exact) mass is 410 g/mol. The minimum absolute atomic E-state index is 0.0488. The number of aliphatic imine (C=N–C) groups is 1. The molecule has 1 unspecified atom stereocenters. The standard InChI is InChI=1S/C19H24Cl2N4O2/c1-13(16-7-6-15(20)11-17(16)21)25-19(22-2)24-12-14-5-4-8-23-18(14)27-10-9-26-3/h4-8,11,13H,9-10,12H2,1-3H3,(H2,22,24,25). The van der Waals surface area contributed by atoms with Gasteiger partial charge in [0.15, 0.2) is 5.96 Å². The molecular formula is C19H24Cl2N4O2. The summed E-state index contributed by atoms with van der Waals surface area (Å²) in [6.07, 6.45) is 1.70. The molecule has 1 aromatic carbocycles. The highest BCUT2D eigenvalue weighted by Gasteiger charge is 2.12. The summed E-state index contributed by atoms with van der Waals surface area (Å²) >= 11 is 12.3. The molecule has 27 heavy (non-hydrogen) atoms. The molecule has 146 valence electrons. The molecule has 0 radical (unpaired) electrons. The van der Waals surface area contributed by atoms with Crippen molar-refractivity contribution in [3.63, 3.8) is 0 Å². The molecule has 1 heterocycles. The van der Waals surface area contributed by atoms with Gasteiger partial charge in [-0.25, -0.2) is 4.98 Å². The van der Waals surface area contributed by atoms with Gasteiger partial charge in [0.25, 0.3) is 0 Å². The van der Waals surface area contributed by atoms with Gasteiger partial charge in [-0.05, 0) is 30.7 Å². The lowest BCUT2D eigenvalue weighted by Crippen LogP contribution is -2.38. The first-order valence-corrected chi connectivity index (χ1v) is 9.28. The Bertz CT molecular complexity index is 771. The van der Waals surface area contributed by atoms with E-state index < -0.39 is 0 Å². The van der Waals surface area contributed by atoms with E-state index in [0.717, 1.165) is 11.1 Å². The molecule has 0 fully saturated rings. The van der Waals surface area contributed by atoms with Crippen molar-refractivity contribution in [3.05, 3.63) is 57.7 Å². The zero-order valence-corrected chi connectivity index (χ0v) is 17.1. The molecule has 6 nitrogen and oxygen atoms in total. The molecule has 0 aliphatic heterocycles. The van der Waals surface area contributed by atoms with Crippen molar-refractivity contribution >= 4 is 29.2 Å². The lowest BCUT2D eigenvalue weighted by atomic mass is 10.1. The van der Waals surface area contributed by atoms with Crippen LogP contribution in [0.15, 0.2) is 41.5 Å². The van der Waals surface area contributed by atoms with E-state index in [4.69, 9.17) is 32.7 Å².